The molecule has 0 aliphatic rings. The number of pyridine rings is 1. The zero-order valence-electron chi connectivity index (χ0n) is 14.2. The maximum Gasteiger partial charge on any atom is 0.261 e. The number of carbonyl (C=O) groups is 1. The number of nitrogens with one attached hydrogen (secondary N) is 2. The average Bonchev–Trinajstić information content (AvgIpc) is 2.69. The van der Waals surface area contributed by atoms with Crippen LogP contribution in [0.25, 0.3) is 22.0 Å². The summed E-state index contributed by atoms with van der Waals surface area (Å²) in [5.74, 6) is -0.469. The predicted octanol–water partition coefficient (Wildman–Crippen LogP) is 5.10. The van der Waals surface area contributed by atoms with Crippen molar-refractivity contribution in [2.75, 3.05) is 5.32 Å². The third-order valence-electron chi connectivity index (χ3n) is 4.32. The van der Waals surface area contributed by atoms with E-state index in [1.165, 1.54) is 6.07 Å². The van der Waals surface area contributed by atoms with Gasteiger partial charge in [0, 0.05) is 16.4 Å². The molecule has 1 aromatic heterocycles. The summed E-state index contributed by atoms with van der Waals surface area (Å²) in [4.78, 5) is 27.6. The minimum atomic E-state index is -0.469. The van der Waals surface area contributed by atoms with Crippen LogP contribution in [0.3, 0.4) is 0 Å². The van der Waals surface area contributed by atoms with Gasteiger partial charge in [0.05, 0.1) is 0 Å². The fourth-order valence-corrected chi connectivity index (χ4v) is 3.04. The second-order valence-corrected chi connectivity index (χ2v) is 6.57. The monoisotopic (exact) mass is 374 g/mol. The number of aromatic amines is 1. The number of halogens is 1. The Morgan fingerprint density at radius 2 is 1.59 bits per heavy atom. The molecule has 27 heavy (non-hydrogen) atoms. The van der Waals surface area contributed by atoms with Crippen LogP contribution in [-0.4, -0.2) is 10.9 Å². The van der Waals surface area contributed by atoms with Crippen LogP contribution in [-0.2, 0) is 0 Å². The highest BCUT2D eigenvalue weighted by molar-refractivity contribution is 6.30. The van der Waals surface area contributed by atoms with E-state index in [0.717, 1.165) is 16.3 Å². The molecule has 0 saturated heterocycles. The van der Waals surface area contributed by atoms with Crippen LogP contribution in [0, 0.1) is 0 Å². The maximum absolute atomic E-state index is 12.4. The Morgan fingerprint density at radius 3 is 2.33 bits per heavy atom. The fraction of sp³-hybridized carbons (Fsp3) is 0. The lowest BCUT2D eigenvalue weighted by molar-refractivity contribution is 0.102. The Balaban J connectivity index is 1.62. The number of benzene rings is 3. The molecular weight excluding hydrogens is 360 g/mol. The van der Waals surface area contributed by atoms with E-state index in [2.05, 4.69) is 10.3 Å². The number of fused-ring (bicyclic) bond motifs is 1. The number of rotatable bonds is 3. The van der Waals surface area contributed by atoms with Crippen molar-refractivity contribution in [3.05, 3.63) is 99.8 Å². The molecule has 1 heterocycles. The van der Waals surface area contributed by atoms with E-state index in [0.29, 0.717) is 16.4 Å². The minimum Gasteiger partial charge on any atom is -0.322 e. The SMILES string of the molecule is O=C(Nc1ccc(Cl)cc1)c1ccc(-c2ccc3ccccc3c2)[nH]c1=O. The molecule has 0 bridgehead atoms. The molecule has 1 amide bonds. The van der Waals surface area contributed by atoms with Crippen molar-refractivity contribution in [2.24, 2.45) is 0 Å². The van der Waals surface area contributed by atoms with Crippen LogP contribution in [0.4, 0.5) is 5.69 Å². The van der Waals surface area contributed by atoms with Crippen LogP contribution in [0.2, 0.25) is 5.02 Å². The van der Waals surface area contributed by atoms with Gasteiger partial charge in [-0.15, -0.1) is 0 Å². The molecule has 0 fully saturated rings. The van der Waals surface area contributed by atoms with Gasteiger partial charge < -0.3 is 10.3 Å². The lowest BCUT2D eigenvalue weighted by Gasteiger charge is -2.07. The number of hydrogen-bond acceptors (Lipinski definition) is 2. The smallest absolute Gasteiger partial charge is 0.261 e. The standard InChI is InChI=1S/C22H15ClN2O2/c23-17-7-9-18(10-8-17)24-21(26)19-11-12-20(25-22(19)27)16-6-5-14-3-1-2-4-15(14)13-16/h1-13H,(H,24,26)(H,25,27). The van der Waals surface area contributed by atoms with E-state index >= 15 is 0 Å². The first-order valence-electron chi connectivity index (χ1n) is 8.39. The zero-order chi connectivity index (χ0) is 18.8. The molecule has 0 aliphatic heterocycles. The van der Waals surface area contributed by atoms with Gasteiger partial charge in [0.25, 0.3) is 11.5 Å². The summed E-state index contributed by atoms with van der Waals surface area (Å²) in [5.41, 5.74) is 1.73. The minimum absolute atomic E-state index is 0.0505. The van der Waals surface area contributed by atoms with Gasteiger partial charge in [-0.05, 0) is 58.8 Å². The first-order valence-corrected chi connectivity index (χ1v) is 8.77. The Bertz CT molecular complexity index is 1200. The van der Waals surface area contributed by atoms with Crippen molar-refractivity contribution in [1.29, 1.82) is 0 Å². The molecule has 0 spiro atoms. The highest BCUT2D eigenvalue weighted by Crippen LogP contribution is 2.22. The second kappa shape index (κ2) is 7.09. The molecule has 0 saturated carbocycles. The van der Waals surface area contributed by atoms with E-state index in [9.17, 15) is 9.59 Å². The van der Waals surface area contributed by atoms with Crippen molar-refractivity contribution in [1.82, 2.24) is 4.98 Å². The number of anilines is 1. The second-order valence-electron chi connectivity index (χ2n) is 6.14. The predicted molar refractivity (Wildman–Crippen MR) is 109 cm³/mol. The highest BCUT2D eigenvalue weighted by Gasteiger charge is 2.12. The first kappa shape index (κ1) is 17.1. The van der Waals surface area contributed by atoms with Gasteiger partial charge in [0.15, 0.2) is 0 Å². The molecule has 3 aromatic carbocycles. The molecule has 0 atom stereocenters. The Hall–Kier alpha value is -3.37. The first-order chi connectivity index (χ1) is 13.1. The Labute approximate surface area is 160 Å². The summed E-state index contributed by atoms with van der Waals surface area (Å²) >= 11 is 5.83. The van der Waals surface area contributed by atoms with Gasteiger partial charge in [-0.1, -0.05) is 48.0 Å². The van der Waals surface area contributed by atoms with Gasteiger partial charge in [-0.25, -0.2) is 0 Å². The molecule has 132 valence electrons. The number of H-pyrrole nitrogens is 1. The molecule has 4 nitrogen and oxygen atoms in total. The summed E-state index contributed by atoms with van der Waals surface area (Å²) in [6.45, 7) is 0. The topological polar surface area (TPSA) is 62.0 Å². The van der Waals surface area contributed by atoms with Crippen molar-refractivity contribution in [3.63, 3.8) is 0 Å². The van der Waals surface area contributed by atoms with Gasteiger partial charge in [0.1, 0.15) is 5.56 Å². The summed E-state index contributed by atoms with van der Waals surface area (Å²) in [6, 6.07) is 23.9. The van der Waals surface area contributed by atoms with Crippen molar-refractivity contribution < 1.29 is 4.79 Å². The third kappa shape index (κ3) is 3.61. The van der Waals surface area contributed by atoms with Crippen LogP contribution in [0.5, 0.6) is 0 Å². The van der Waals surface area contributed by atoms with Gasteiger partial charge in [-0.2, -0.15) is 0 Å². The quantitative estimate of drug-likeness (QED) is 0.524. The van der Waals surface area contributed by atoms with Crippen LogP contribution >= 0.6 is 11.6 Å². The Morgan fingerprint density at radius 1 is 0.852 bits per heavy atom. The molecule has 2 N–H and O–H groups in total. The van der Waals surface area contributed by atoms with E-state index < -0.39 is 11.5 Å². The normalized spacial score (nSPS) is 10.7. The fourth-order valence-electron chi connectivity index (χ4n) is 2.91. The maximum atomic E-state index is 12.4. The van der Waals surface area contributed by atoms with E-state index in [4.69, 9.17) is 11.6 Å². The molecule has 4 rings (SSSR count). The van der Waals surface area contributed by atoms with Crippen LogP contribution < -0.4 is 10.9 Å². The summed E-state index contributed by atoms with van der Waals surface area (Å²) < 4.78 is 0. The number of aromatic nitrogens is 1. The molecule has 0 aliphatic carbocycles. The summed E-state index contributed by atoms with van der Waals surface area (Å²) in [6.07, 6.45) is 0. The molecule has 0 radical (unpaired) electrons. The van der Waals surface area contributed by atoms with Crippen LogP contribution in [0.15, 0.2) is 83.7 Å². The zero-order valence-corrected chi connectivity index (χ0v) is 15.0. The van der Waals surface area contributed by atoms with Gasteiger partial charge in [0.2, 0.25) is 0 Å². The lowest BCUT2D eigenvalue weighted by atomic mass is 10.0. The molecule has 5 heteroatoms. The van der Waals surface area contributed by atoms with E-state index in [1.807, 2.05) is 42.5 Å². The summed E-state index contributed by atoms with van der Waals surface area (Å²) in [5, 5.41) is 5.48. The molecular formula is C22H15ClN2O2. The number of carbonyl (C=O) groups excluding carboxylic acids is 1. The third-order valence-corrected chi connectivity index (χ3v) is 4.57. The lowest BCUT2D eigenvalue weighted by Crippen LogP contribution is -2.23. The van der Waals surface area contributed by atoms with E-state index in [1.54, 1.807) is 30.3 Å². The average molecular weight is 375 g/mol. The van der Waals surface area contributed by atoms with Gasteiger partial charge in [-0.3, -0.25) is 9.59 Å². The Kier molecular flexibility index (Phi) is 4.48. The largest absolute Gasteiger partial charge is 0.322 e. The van der Waals surface area contributed by atoms with Crippen LogP contribution in [0.1, 0.15) is 10.4 Å². The summed E-state index contributed by atoms with van der Waals surface area (Å²) in [7, 11) is 0. The number of amides is 1. The highest BCUT2D eigenvalue weighted by atomic mass is 35.5. The van der Waals surface area contributed by atoms with Crippen molar-refractivity contribution in [3.8, 4) is 11.3 Å². The molecule has 4 aromatic rings. The van der Waals surface area contributed by atoms with Crippen molar-refractivity contribution in [2.45, 2.75) is 0 Å². The van der Waals surface area contributed by atoms with Gasteiger partial charge >= 0.3 is 0 Å². The molecule has 0 unspecified atom stereocenters. The number of hydrogen-bond donors (Lipinski definition) is 2. The van der Waals surface area contributed by atoms with E-state index in [-0.39, 0.29) is 5.56 Å². The van der Waals surface area contributed by atoms with Crippen molar-refractivity contribution >= 4 is 34.0 Å².